The summed E-state index contributed by atoms with van der Waals surface area (Å²) in [7, 11) is 0. The summed E-state index contributed by atoms with van der Waals surface area (Å²) in [5.41, 5.74) is 5.95. The van der Waals surface area contributed by atoms with Crippen LogP contribution in [0.3, 0.4) is 0 Å². The van der Waals surface area contributed by atoms with E-state index in [9.17, 15) is 0 Å². The van der Waals surface area contributed by atoms with E-state index in [1.165, 1.54) is 0 Å². The van der Waals surface area contributed by atoms with Crippen LogP contribution < -0.4 is 10.6 Å². The number of piperidine rings is 1. The molecular weight excluding hydrogens is 278 g/mol. The minimum Gasteiger partial charge on any atom is -0.441 e. The van der Waals surface area contributed by atoms with Crippen LogP contribution in [0.25, 0.3) is 11.6 Å². The van der Waals surface area contributed by atoms with Crippen LogP contribution in [0.5, 0.6) is 0 Å². The molecule has 2 aromatic rings. The molecule has 0 aromatic carbocycles. The highest BCUT2D eigenvalue weighted by Gasteiger charge is 2.24. The van der Waals surface area contributed by atoms with Crippen LogP contribution in [0, 0.1) is 5.92 Å². The van der Waals surface area contributed by atoms with Gasteiger partial charge in [-0.05, 0) is 49.4 Å². The van der Waals surface area contributed by atoms with Crippen LogP contribution in [-0.4, -0.2) is 34.3 Å². The summed E-state index contributed by atoms with van der Waals surface area (Å²) < 4.78 is 5.32. The van der Waals surface area contributed by atoms with E-state index in [0.717, 1.165) is 25.9 Å². The van der Waals surface area contributed by atoms with Crippen molar-refractivity contribution in [3.63, 3.8) is 0 Å². The Balaban J connectivity index is 1.69. The average molecular weight is 296 g/mol. The van der Waals surface area contributed by atoms with Gasteiger partial charge in [0.25, 0.3) is 0 Å². The Morgan fingerprint density at radius 3 is 2.80 bits per heavy atom. The third-order valence-electron chi connectivity index (χ3n) is 3.85. The Bertz CT molecular complexity index is 571. The molecule has 0 saturated carbocycles. The summed E-state index contributed by atoms with van der Waals surface area (Å²) in [6.45, 7) is 3.94. The van der Waals surface area contributed by atoms with E-state index in [-0.39, 0.29) is 6.04 Å². The molecule has 0 aliphatic carbocycles. The Morgan fingerprint density at radius 2 is 2.20 bits per heavy atom. The van der Waals surface area contributed by atoms with Crippen molar-refractivity contribution in [2.75, 3.05) is 18.0 Å². The SMILES string of the molecule is CC(N)C1CCN(c2n[nH]c(-c3ccc(Cl)o3)n2)CC1. The first-order valence-corrected chi connectivity index (χ1v) is 7.20. The van der Waals surface area contributed by atoms with Gasteiger partial charge < -0.3 is 15.1 Å². The van der Waals surface area contributed by atoms with Gasteiger partial charge >= 0.3 is 0 Å². The largest absolute Gasteiger partial charge is 0.441 e. The van der Waals surface area contributed by atoms with Crippen molar-refractivity contribution in [3.05, 3.63) is 17.4 Å². The van der Waals surface area contributed by atoms with Crippen molar-refractivity contribution in [3.8, 4) is 11.6 Å². The van der Waals surface area contributed by atoms with Crippen molar-refractivity contribution >= 4 is 17.5 Å². The third kappa shape index (κ3) is 2.66. The first-order chi connectivity index (χ1) is 9.63. The molecule has 2 aromatic heterocycles. The number of aromatic amines is 1. The molecule has 0 amide bonds. The van der Waals surface area contributed by atoms with Gasteiger partial charge in [-0.25, -0.2) is 0 Å². The van der Waals surface area contributed by atoms with Gasteiger partial charge in [-0.3, -0.25) is 5.10 Å². The zero-order valence-electron chi connectivity index (χ0n) is 11.3. The standard InChI is InChI=1S/C13H18ClN5O/c1-8(15)9-4-6-19(7-5-9)13-16-12(17-18-13)10-2-3-11(14)20-10/h2-3,8-9H,4-7,15H2,1H3,(H,16,17,18). The second-order valence-electron chi connectivity index (χ2n) is 5.27. The summed E-state index contributed by atoms with van der Waals surface area (Å²) in [5.74, 6) is 2.49. The zero-order chi connectivity index (χ0) is 14.1. The van der Waals surface area contributed by atoms with E-state index in [1.54, 1.807) is 12.1 Å². The Morgan fingerprint density at radius 1 is 1.45 bits per heavy atom. The van der Waals surface area contributed by atoms with E-state index < -0.39 is 0 Å². The number of furan rings is 1. The summed E-state index contributed by atoms with van der Waals surface area (Å²) >= 11 is 5.76. The number of halogens is 1. The van der Waals surface area contributed by atoms with Crippen molar-refractivity contribution in [1.29, 1.82) is 0 Å². The second kappa shape index (κ2) is 5.46. The van der Waals surface area contributed by atoms with E-state index in [4.69, 9.17) is 21.8 Å². The fraction of sp³-hybridized carbons (Fsp3) is 0.538. The fourth-order valence-corrected chi connectivity index (χ4v) is 2.72. The molecule has 1 aliphatic heterocycles. The molecule has 3 heterocycles. The van der Waals surface area contributed by atoms with Gasteiger partial charge in [0.1, 0.15) is 0 Å². The normalized spacial score (nSPS) is 18.4. The van der Waals surface area contributed by atoms with Gasteiger partial charge in [-0.1, -0.05) is 0 Å². The van der Waals surface area contributed by atoms with E-state index in [0.29, 0.717) is 28.7 Å². The Kier molecular flexibility index (Phi) is 3.67. The fourth-order valence-electron chi connectivity index (χ4n) is 2.57. The predicted molar refractivity (Wildman–Crippen MR) is 77.7 cm³/mol. The molecular formula is C13H18ClN5O. The number of nitrogens with zero attached hydrogens (tertiary/aromatic N) is 3. The molecule has 7 heteroatoms. The monoisotopic (exact) mass is 295 g/mol. The molecule has 108 valence electrons. The van der Waals surface area contributed by atoms with Crippen LogP contribution in [0.4, 0.5) is 5.95 Å². The number of hydrogen-bond acceptors (Lipinski definition) is 5. The van der Waals surface area contributed by atoms with E-state index in [2.05, 4.69) is 27.0 Å². The number of rotatable bonds is 3. The number of aromatic nitrogens is 3. The topological polar surface area (TPSA) is 84.0 Å². The van der Waals surface area contributed by atoms with Gasteiger partial charge in [-0.2, -0.15) is 4.98 Å². The lowest BCUT2D eigenvalue weighted by atomic mass is 9.91. The van der Waals surface area contributed by atoms with Crippen LogP contribution in [0.2, 0.25) is 5.22 Å². The third-order valence-corrected chi connectivity index (χ3v) is 4.05. The molecule has 3 N–H and O–H groups in total. The molecule has 1 aliphatic rings. The Labute approximate surface area is 122 Å². The highest BCUT2D eigenvalue weighted by Crippen LogP contribution is 2.25. The maximum absolute atomic E-state index is 5.95. The number of hydrogen-bond donors (Lipinski definition) is 2. The van der Waals surface area contributed by atoms with Gasteiger partial charge in [0, 0.05) is 19.1 Å². The predicted octanol–water partition coefficient (Wildman–Crippen LogP) is 2.28. The van der Waals surface area contributed by atoms with Crippen LogP contribution in [-0.2, 0) is 0 Å². The number of anilines is 1. The first-order valence-electron chi connectivity index (χ1n) is 6.82. The maximum Gasteiger partial charge on any atom is 0.245 e. The lowest BCUT2D eigenvalue weighted by Gasteiger charge is -2.32. The highest BCUT2D eigenvalue weighted by atomic mass is 35.5. The number of H-pyrrole nitrogens is 1. The van der Waals surface area contributed by atoms with Crippen molar-refractivity contribution in [2.24, 2.45) is 11.7 Å². The van der Waals surface area contributed by atoms with Gasteiger partial charge in [-0.15, -0.1) is 5.10 Å². The van der Waals surface area contributed by atoms with Crippen LogP contribution >= 0.6 is 11.6 Å². The molecule has 0 radical (unpaired) electrons. The first kappa shape index (κ1) is 13.5. The minimum absolute atomic E-state index is 0.255. The molecule has 20 heavy (non-hydrogen) atoms. The summed E-state index contributed by atoms with van der Waals surface area (Å²) in [5, 5.41) is 7.48. The maximum atomic E-state index is 5.95. The molecule has 1 saturated heterocycles. The molecule has 3 rings (SSSR count). The molecule has 1 unspecified atom stereocenters. The highest BCUT2D eigenvalue weighted by molar-refractivity contribution is 6.28. The number of nitrogens with one attached hydrogen (secondary N) is 1. The van der Waals surface area contributed by atoms with Crippen molar-refractivity contribution in [2.45, 2.75) is 25.8 Å². The van der Waals surface area contributed by atoms with E-state index >= 15 is 0 Å². The molecule has 0 spiro atoms. The lowest BCUT2D eigenvalue weighted by Crippen LogP contribution is -2.40. The van der Waals surface area contributed by atoms with Crippen molar-refractivity contribution in [1.82, 2.24) is 15.2 Å². The molecule has 1 fully saturated rings. The minimum atomic E-state index is 0.255. The van der Waals surface area contributed by atoms with Crippen LogP contribution in [0.1, 0.15) is 19.8 Å². The zero-order valence-corrected chi connectivity index (χ0v) is 12.1. The van der Waals surface area contributed by atoms with Gasteiger partial charge in [0.2, 0.25) is 5.95 Å². The quantitative estimate of drug-likeness (QED) is 0.907. The summed E-state index contributed by atoms with van der Waals surface area (Å²) in [6.07, 6.45) is 2.16. The summed E-state index contributed by atoms with van der Waals surface area (Å²) in [4.78, 5) is 6.63. The average Bonchev–Trinajstić information content (AvgIpc) is 3.07. The number of nitrogens with two attached hydrogens (primary N) is 1. The summed E-state index contributed by atoms with van der Waals surface area (Å²) in [6, 6.07) is 3.72. The van der Waals surface area contributed by atoms with Gasteiger partial charge in [0.15, 0.2) is 16.8 Å². The smallest absolute Gasteiger partial charge is 0.245 e. The van der Waals surface area contributed by atoms with Crippen LogP contribution in [0.15, 0.2) is 16.5 Å². The van der Waals surface area contributed by atoms with Gasteiger partial charge in [0.05, 0.1) is 0 Å². The lowest BCUT2D eigenvalue weighted by molar-refractivity contribution is 0.352. The molecule has 0 bridgehead atoms. The Hall–Kier alpha value is -1.53. The molecule has 6 nitrogen and oxygen atoms in total. The second-order valence-corrected chi connectivity index (χ2v) is 5.64. The van der Waals surface area contributed by atoms with Crippen molar-refractivity contribution < 1.29 is 4.42 Å². The molecule has 1 atom stereocenters. The van der Waals surface area contributed by atoms with E-state index in [1.807, 2.05) is 0 Å².